The van der Waals surface area contributed by atoms with E-state index in [1.807, 2.05) is 41.3 Å². The second-order valence-electron chi connectivity index (χ2n) is 7.53. The van der Waals surface area contributed by atoms with Crippen molar-refractivity contribution in [3.8, 4) is 5.75 Å². The maximum atomic E-state index is 12.9. The molecule has 2 heterocycles. The monoisotopic (exact) mass is 393 g/mol. The summed E-state index contributed by atoms with van der Waals surface area (Å²) in [5.74, 6) is 0.556. The van der Waals surface area contributed by atoms with Crippen LogP contribution in [-0.4, -0.2) is 68.0 Å². The lowest BCUT2D eigenvalue weighted by molar-refractivity contribution is 0.0533. The van der Waals surface area contributed by atoms with Crippen molar-refractivity contribution in [3.05, 3.63) is 59.7 Å². The first-order valence-corrected chi connectivity index (χ1v) is 10.2. The smallest absolute Gasteiger partial charge is 0.257 e. The van der Waals surface area contributed by atoms with Crippen molar-refractivity contribution >= 4 is 17.5 Å². The van der Waals surface area contributed by atoms with E-state index in [0.29, 0.717) is 43.1 Å². The van der Waals surface area contributed by atoms with Crippen LogP contribution in [0.4, 0.5) is 5.69 Å². The van der Waals surface area contributed by atoms with E-state index in [9.17, 15) is 9.59 Å². The Morgan fingerprint density at radius 3 is 1.97 bits per heavy atom. The predicted molar refractivity (Wildman–Crippen MR) is 113 cm³/mol. The van der Waals surface area contributed by atoms with Crippen LogP contribution >= 0.6 is 0 Å². The van der Waals surface area contributed by atoms with E-state index in [0.717, 1.165) is 13.1 Å². The average molecular weight is 393 g/mol. The zero-order valence-electron chi connectivity index (χ0n) is 16.8. The molecule has 6 heteroatoms. The Balaban J connectivity index is 1.36. The minimum Gasteiger partial charge on any atom is -0.496 e. The van der Waals surface area contributed by atoms with E-state index in [2.05, 4.69) is 4.90 Å². The Kier molecular flexibility index (Phi) is 5.69. The summed E-state index contributed by atoms with van der Waals surface area (Å²) in [4.78, 5) is 31.7. The summed E-state index contributed by atoms with van der Waals surface area (Å²) in [7, 11) is 1.57. The van der Waals surface area contributed by atoms with Gasteiger partial charge < -0.3 is 19.4 Å². The van der Waals surface area contributed by atoms with Gasteiger partial charge in [0.15, 0.2) is 0 Å². The van der Waals surface area contributed by atoms with Crippen LogP contribution in [0.15, 0.2) is 48.5 Å². The summed E-state index contributed by atoms with van der Waals surface area (Å²) in [6.45, 7) is 4.30. The Hall–Kier alpha value is -3.02. The summed E-state index contributed by atoms with van der Waals surface area (Å²) in [6, 6.07) is 15.2. The molecule has 0 spiro atoms. The lowest BCUT2D eigenvalue weighted by Gasteiger charge is -2.35. The number of para-hydroxylation sites is 1. The fourth-order valence-electron chi connectivity index (χ4n) is 4.08. The van der Waals surface area contributed by atoms with E-state index >= 15 is 0 Å². The van der Waals surface area contributed by atoms with Crippen molar-refractivity contribution in [2.24, 2.45) is 0 Å². The van der Waals surface area contributed by atoms with Gasteiger partial charge >= 0.3 is 0 Å². The molecule has 2 aliphatic rings. The molecule has 2 aromatic rings. The number of benzene rings is 2. The lowest BCUT2D eigenvalue weighted by atomic mass is 10.1. The number of piperazine rings is 1. The third-order valence-electron chi connectivity index (χ3n) is 5.78. The Morgan fingerprint density at radius 2 is 1.34 bits per heavy atom. The highest BCUT2D eigenvalue weighted by Crippen LogP contribution is 2.22. The van der Waals surface area contributed by atoms with Crippen LogP contribution < -0.4 is 9.64 Å². The summed E-state index contributed by atoms with van der Waals surface area (Å²) in [6.07, 6.45) is 2.47. The van der Waals surface area contributed by atoms with E-state index in [-0.39, 0.29) is 11.8 Å². The number of hydrogen-bond donors (Lipinski definition) is 0. The molecular formula is C23H27N3O3. The van der Waals surface area contributed by atoms with E-state index in [1.165, 1.54) is 18.5 Å². The number of carbonyl (C=O) groups excluding carboxylic acids is 2. The molecule has 2 saturated heterocycles. The van der Waals surface area contributed by atoms with Gasteiger partial charge in [-0.15, -0.1) is 0 Å². The number of carbonyl (C=O) groups is 2. The molecule has 0 radical (unpaired) electrons. The first kappa shape index (κ1) is 19.3. The van der Waals surface area contributed by atoms with Crippen LogP contribution in [0.5, 0.6) is 5.75 Å². The Morgan fingerprint density at radius 1 is 0.759 bits per heavy atom. The van der Waals surface area contributed by atoms with E-state index < -0.39 is 0 Å². The number of ether oxygens (including phenoxy) is 1. The molecule has 2 aromatic carbocycles. The van der Waals surface area contributed by atoms with E-state index in [1.54, 1.807) is 24.1 Å². The molecule has 6 nitrogen and oxygen atoms in total. The van der Waals surface area contributed by atoms with Crippen LogP contribution in [-0.2, 0) is 0 Å². The maximum absolute atomic E-state index is 12.9. The fourth-order valence-corrected chi connectivity index (χ4v) is 4.08. The van der Waals surface area contributed by atoms with Gasteiger partial charge in [0.2, 0.25) is 0 Å². The van der Waals surface area contributed by atoms with Crippen molar-refractivity contribution in [3.63, 3.8) is 0 Å². The second kappa shape index (κ2) is 8.55. The average Bonchev–Trinajstić information content (AvgIpc) is 3.33. The predicted octanol–water partition coefficient (Wildman–Crippen LogP) is 2.89. The van der Waals surface area contributed by atoms with Gasteiger partial charge in [-0.25, -0.2) is 0 Å². The summed E-state index contributed by atoms with van der Waals surface area (Å²) >= 11 is 0. The summed E-state index contributed by atoms with van der Waals surface area (Å²) in [5.41, 5.74) is 2.45. The third-order valence-corrected chi connectivity index (χ3v) is 5.78. The molecule has 29 heavy (non-hydrogen) atoms. The molecule has 2 aliphatic heterocycles. The van der Waals surface area contributed by atoms with Crippen molar-refractivity contribution in [1.82, 2.24) is 9.80 Å². The first-order chi connectivity index (χ1) is 14.2. The van der Waals surface area contributed by atoms with Crippen LogP contribution in [0.3, 0.4) is 0 Å². The standard InChI is InChI=1S/C23H27N3O3/c1-29-21-7-3-2-6-20(21)23(28)26-16-14-25(15-17-26)22(27)18-8-10-19(11-9-18)24-12-4-5-13-24/h2-3,6-11H,4-5,12-17H2,1H3. The Labute approximate surface area is 171 Å². The van der Waals surface area contributed by atoms with Crippen LogP contribution in [0.2, 0.25) is 0 Å². The van der Waals surface area contributed by atoms with Crippen molar-refractivity contribution in [2.45, 2.75) is 12.8 Å². The maximum Gasteiger partial charge on any atom is 0.257 e. The molecule has 0 aliphatic carbocycles. The van der Waals surface area contributed by atoms with Crippen LogP contribution in [0.25, 0.3) is 0 Å². The number of amides is 2. The van der Waals surface area contributed by atoms with Gasteiger partial charge in [-0.2, -0.15) is 0 Å². The molecule has 2 fully saturated rings. The highest BCUT2D eigenvalue weighted by Gasteiger charge is 2.27. The van der Waals surface area contributed by atoms with E-state index in [4.69, 9.17) is 4.74 Å². The quantitative estimate of drug-likeness (QED) is 0.802. The molecule has 0 saturated carbocycles. The van der Waals surface area contributed by atoms with Gasteiger partial charge in [-0.1, -0.05) is 12.1 Å². The molecular weight excluding hydrogens is 366 g/mol. The molecule has 4 rings (SSSR count). The molecule has 2 amide bonds. The molecule has 0 aromatic heterocycles. The summed E-state index contributed by atoms with van der Waals surface area (Å²) < 4.78 is 5.31. The van der Waals surface area contributed by atoms with Gasteiger partial charge in [0.1, 0.15) is 5.75 Å². The molecule has 0 N–H and O–H groups in total. The second-order valence-corrected chi connectivity index (χ2v) is 7.53. The minimum atomic E-state index is -0.0514. The van der Waals surface area contributed by atoms with Gasteiger partial charge in [-0.3, -0.25) is 9.59 Å². The number of nitrogens with zero attached hydrogens (tertiary/aromatic N) is 3. The summed E-state index contributed by atoms with van der Waals surface area (Å²) in [5, 5.41) is 0. The molecule has 152 valence electrons. The highest BCUT2D eigenvalue weighted by molar-refractivity contribution is 5.97. The largest absolute Gasteiger partial charge is 0.496 e. The number of rotatable bonds is 4. The normalized spacial score (nSPS) is 16.8. The topological polar surface area (TPSA) is 53.1 Å². The third kappa shape index (κ3) is 4.06. The van der Waals surface area contributed by atoms with Crippen molar-refractivity contribution < 1.29 is 14.3 Å². The SMILES string of the molecule is COc1ccccc1C(=O)N1CCN(C(=O)c2ccc(N3CCCC3)cc2)CC1. The molecule has 0 bridgehead atoms. The van der Waals surface area contributed by atoms with Gasteiger partial charge in [0, 0.05) is 50.5 Å². The van der Waals surface area contributed by atoms with Gasteiger partial charge in [0.05, 0.1) is 12.7 Å². The lowest BCUT2D eigenvalue weighted by Crippen LogP contribution is -2.50. The first-order valence-electron chi connectivity index (χ1n) is 10.2. The zero-order valence-corrected chi connectivity index (χ0v) is 16.8. The molecule has 0 unspecified atom stereocenters. The van der Waals surface area contributed by atoms with Gasteiger partial charge in [0.25, 0.3) is 11.8 Å². The van der Waals surface area contributed by atoms with Crippen LogP contribution in [0, 0.1) is 0 Å². The Bertz CT molecular complexity index is 867. The minimum absolute atomic E-state index is 0.0300. The van der Waals surface area contributed by atoms with Crippen molar-refractivity contribution in [2.75, 3.05) is 51.3 Å². The molecule has 0 atom stereocenters. The number of methoxy groups -OCH3 is 1. The van der Waals surface area contributed by atoms with Crippen LogP contribution in [0.1, 0.15) is 33.6 Å². The van der Waals surface area contributed by atoms with Gasteiger partial charge in [-0.05, 0) is 49.2 Å². The number of anilines is 1. The number of hydrogen-bond acceptors (Lipinski definition) is 4. The van der Waals surface area contributed by atoms with Crippen molar-refractivity contribution in [1.29, 1.82) is 0 Å². The zero-order chi connectivity index (χ0) is 20.2. The fraction of sp³-hybridized carbons (Fsp3) is 0.391. The highest BCUT2D eigenvalue weighted by atomic mass is 16.5.